The van der Waals surface area contributed by atoms with Crippen molar-refractivity contribution in [2.45, 2.75) is 0 Å². The Labute approximate surface area is 77.3 Å². The van der Waals surface area contributed by atoms with E-state index in [0.717, 1.165) is 0 Å². The summed E-state index contributed by atoms with van der Waals surface area (Å²) in [6.07, 6.45) is 0. The topological polar surface area (TPSA) is 34.1 Å². The van der Waals surface area contributed by atoms with E-state index >= 15 is 0 Å². The SMILES string of the molecule is C[P+]1(C)C(=O)c2ccccc2C1=O. The lowest BCUT2D eigenvalue weighted by atomic mass is 10.1. The molecule has 0 spiro atoms. The normalized spacial score (nSPS) is 18.9. The molecule has 13 heavy (non-hydrogen) atoms. The highest BCUT2D eigenvalue weighted by Gasteiger charge is 2.53. The monoisotopic (exact) mass is 193 g/mol. The first kappa shape index (κ1) is 8.58. The summed E-state index contributed by atoms with van der Waals surface area (Å²) >= 11 is 0. The van der Waals surface area contributed by atoms with Crippen molar-refractivity contribution in [3.63, 3.8) is 0 Å². The number of rotatable bonds is 0. The van der Waals surface area contributed by atoms with Gasteiger partial charge in [-0.3, -0.25) is 0 Å². The third-order valence-electron chi connectivity index (χ3n) is 2.40. The van der Waals surface area contributed by atoms with Gasteiger partial charge in [0.05, 0.1) is 24.5 Å². The number of carbonyl (C=O) groups is 2. The predicted molar refractivity (Wildman–Crippen MR) is 53.9 cm³/mol. The minimum atomic E-state index is -2.03. The summed E-state index contributed by atoms with van der Waals surface area (Å²) in [6, 6.07) is 7.08. The molecular weight excluding hydrogens is 183 g/mol. The molecule has 1 aromatic carbocycles. The van der Waals surface area contributed by atoms with Crippen LogP contribution in [0.2, 0.25) is 0 Å². The second-order valence-corrected chi connectivity index (χ2v) is 7.33. The summed E-state index contributed by atoms with van der Waals surface area (Å²) in [5.41, 5.74) is 1.33. The first-order valence-corrected chi connectivity index (χ1v) is 6.76. The second kappa shape index (κ2) is 2.49. The van der Waals surface area contributed by atoms with Crippen molar-refractivity contribution in [3.8, 4) is 0 Å². The van der Waals surface area contributed by atoms with Crippen LogP contribution in [0.5, 0.6) is 0 Å². The summed E-state index contributed by atoms with van der Waals surface area (Å²) in [5, 5.41) is 0. The van der Waals surface area contributed by atoms with Crippen LogP contribution < -0.4 is 0 Å². The molecule has 0 bridgehead atoms. The van der Waals surface area contributed by atoms with E-state index in [2.05, 4.69) is 0 Å². The van der Waals surface area contributed by atoms with Crippen molar-refractivity contribution in [2.75, 3.05) is 13.3 Å². The average Bonchev–Trinajstić information content (AvgIpc) is 2.30. The largest absolute Gasteiger partial charge is 0.306 e. The molecule has 0 saturated heterocycles. The Bertz CT molecular complexity index is 370. The number of benzene rings is 1. The molecule has 1 heterocycles. The van der Waals surface area contributed by atoms with Gasteiger partial charge in [-0.15, -0.1) is 0 Å². The Morgan fingerprint density at radius 3 is 1.69 bits per heavy atom. The highest BCUT2D eigenvalue weighted by molar-refractivity contribution is 8.04. The summed E-state index contributed by atoms with van der Waals surface area (Å²) < 4.78 is 0. The van der Waals surface area contributed by atoms with Crippen LogP contribution in [0.3, 0.4) is 0 Å². The van der Waals surface area contributed by atoms with Gasteiger partial charge in [0.1, 0.15) is 0 Å². The first-order valence-electron chi connectivity index (χ1n) is 4.08. The van der Waals surface area contributed by atoms with E-state index < -0.39 is 7.26 Å². The Morgan fingerprint density at radius 2 is 1.31 bits per heavy atom. The summed E-state index contributed by atoms with van der Waals surface area (Å²) in [4.78, 5) is 23.5. The van der Waals surface area contributed by atoms with Crippen molar-refractivity contribution >= 4 is 18.3 Å². The molecule has 0 aromatic heterocycles. The Kier molecular flexibility index (Phi) is 1.64. The first-order chi connectivity index (χ1) is 6.05. The zero-order valence-corrected chi connectivity index (χ0v) is 8.47. The van der Waals surface area contributed by atoms with E-state index in [1.54, 1.807) is 37.6 Å². The second-order valence-electron chi connectivity index (χ2n) is 3.61. The maximum absolute atomic E-state index is 11.8. The van der Waals surface area contributed by atoms with E-state index in [9.17, 15) is 9.59 Å². The van der Waals surface area contributed by atoms with Crippen LogP contribution in [0.4, 0.5) is 0 Å². The van der Waals surface area contributed by atoms with E-state index in [0.29, 0.717) is 11.1 Å². The number of hydrogen-bond donors (Lipinski definition) is 0. The average molecular weight is 193 g/mol. The Hall–Kier alpha value is -1.01. The fraction of sp³-hybridized carbons (Fsp3) is 0.200. The van der Waals surface area contributed by atoms with Gasteiger partial charge in [0.2, 0.25) is 0 Å². The van der Waals surface area contributed by atoms with Crippen LogP contribution in [0.1, 0.15) is 20.7 Å². The molecule has 0 N–H and O–H groups in total. The molecule has 2 nitrogen and oxygen atoms in total. The lowest BCUT2D eigenvalue weighted by Crippen LogP contribution is -2.02. The third kappa shape index (κ3) is 0.988. The molecule has 0 unspecified atom stereocenters. The van der Waals surface area contributed by atoms with Gasteiger partial charge in [-0.1, -0.05) is 12.1 Å². The fourth-order valence-electron chi connectivity index (χ4n) is 1.55. The maximum atomic E-state index is 11.8. The number of hydrogen-bond acceptors (Lipinski definition) is 2. The highest BCUT2D eigenvalue weighted by atomic mass is 31.2. The van der Waals surface area contributed by atoms with Crippen LogP contribution >= 0.6 is 7.26 Å². The molecule has 0 fully saturated rings. The summed E-state index contributed by atoms with van der Waals surface area (Å²) in [7, 11) is -2.03. The zero-order valence-electron chi connectivity index (χ0n) is 7.57. The van der Waals surface area contributed by atoms with Crippen LogP contribution in [0, 0.1) is 0 Å². The maximum Gasteiger partial charge on any atom is 0.306 e. The van der Waals surface area contributed by atoms with Gasteiger partial charge in [-0.25, -0.2) is 9.59 Å². The molecule has 1 aliphatic heterocycles. The highest BCUT2D eigenvalue weighted by Crippen LogP contribution is 2.61. The standard InChI is InChI=1S/C10H10O2P/c1-13(2)9(11)7-5-3-4-6-8(7)10(13)12/h3-6H,1-2H3/q+1. The van der Waals surface area contributed by atoms with Crippen molar-refractivity contribution in [1.29, 1.82) is 0 Å². The molecule has 0 saturated carbocycles. The van der Waals surface area contributed by atoms with Gasteiger partial charge in [-0.2, -0.15) is 0 Å². The number of carbonyl (C=O) groups excluding carboxylic acids is 2. The molecule has 2 rings (SSSR count). The predicted octanol–water partition coefficient (Wildman–Crippen LogP) is 2.26. The third-order valence-corrected chi connectivity index (χ3v) is 4.92. The van der Waals surface area contributed by atoms with Crippen molar-refractivity contribution in [2.24, 2.45) is 0 Å². The Balaban J connectivity index is 2.71. The van der Waals surface area contributed by atoms with Gasteiger partial charge < -0.3 is 0 Å². The summed E-state index contributed by atoms with van der Waals surface area (Å²) in [5.74, 6) is 0. The van der Waals surface area contributed by atoms with Gasteiger partial charge in [0, 0.05) is 0 Å². The Morgan fingerprint density at radius 1 is 0.923 bits per heavy atom. The molecule has 0 amide bonds. The minimum absolute atomic E-state index is 0.0492. The quantitative estimate of drug-likeness (QED) is 0.592. The molecule has 0 atom stereocenters. The molecule has 1 aliphatic rings. The van der Waals surface area contributed by atoms with Gasteiger partial charge in [-0.05, 0) is 12.1 Å². The van der Waals surface area contributed by atoms with Crippen LogP contribution in [-0.4, -0.2) is 24.4 Å². The lowest BCUT2D eigenvalue weighted by Gasteiger charge is -2.02. The molecule has 1 aromatic rings. The smallest absolute Gasteiger partial charge is 0.247 e. The van der Waals surface area contributed by atoms with E-state index in [-0.39, 0.29) is 11.0 Å². The lowest BCUT2D eigenvalue weighted by molar-refractivity contribution is 0.107. The van der Waals surface area contributed by atoms with E-state index in [1.807, 2.05) is 0 Å². The van der Waals surface area contributed by atoms with Crippen molar-refractivity contribution in [3.05, 3.63) is 35.4 Å². The van der Waals surface area contributed by atoms with Crippen LogP contribution in [0.15, 0.2) is 24.3 Å². The van der Waals surface area contributed by atoms with Gasteiger partial charge in [0.25, 0.3) is 0 Å². The molecule has 66 valence electrons. The van der Waals surface area contributed by atoms with Crippen molar-refractivity contribution < 1.29 is 9.59 Å². The van der Waals surface area contributed by atoms with Crippen LogP contribution in [0.25, 0.3) is 0 Å². The molecule has 0 radical (unpaired) electrons. The van der Waals surface area contributed by atoms with E-state index in [1.165, 1.54) is 0 Å². The summed E-state index contributed by atoms with van der Waals surface area (Å²) in [6.45, 7) is 3.58. The number of fused-ring (bicyclic) bond motifs is 1. The zero-order chi connectivity index (χ0) is 9.64. The minimum Gasteiger partial charge on any atom is -0.247 e. The fourth-order valence-corrected chi connectivity index (χ4v) is 3.33. The van der Waals surface area contributed by atoms with Gasteiger partial charge in [0.15, 0.2) is 7.26 Å². The van der Waals surface area contributed by atoms with Crippen molar-refractivity contribution in [1.82, 2.24) is 0 Å². The van der Waals surface area contributed by atoms with Gasteiger partial charge >= 0.3 is 11.0 Å². The van der Waals surface area contributed by atoms with Crippen LogP contribution in [-0.2, 0) is 0 Å². The molecule has 3 heteroatoms. The molecular formula is C10H10O2P+. The van der Waals surface area contributed by atoms with E-state index in [4.69, 9.17) is 0 Å². The molecule has 0 aliphatic carbocycles.